The highest BCUT2D eigenvalue weighted by atomic mass is 79.9. The number of thioether (sulfide) groups is 1. The van der Waals surface area contributed by atoms with Crippen molar-refractivity contribution in [3.05, 3.63) is 9.89 Å². The van der Waals surface area contributed by atoms with E-state index in [0.717, 1.165) is 0 Å². The molecule has 0 atom stereocenters. The van der Waals surface area contributed by atoms with Gasteiger partial charge in [0.15, 0.2) is 0 Å². The number of hydrogen-bond acceptors (Lipinski definition) is 1. The fraction of sp³-hybridized carbons (Fsp3) is 0.500. The van der Waals surface area contributed by atoms with Crippen LogP contribution in [0.3, 0.4) is 0 Å². The Morgan fingerprint density at radius 1 is 1.83 bits per heavy atom. The molecule has 0 aromatic carbocycles. The van der Waals surface area contributed by atoms with E-state index in [-0.39, 0.29) is 0 Å². The standard InChI is InChI=1S/C4H5BrS/c5-4-2-1-3-6-4/h2H,1,3H2. The van der Waals surface area contributed by atoms with Gasteiger partial charge < -0.3 is 0 Å². The Kier molecular flexibility index (Phi) is 1.60. The summed E-state index contributed by atoms with van der Waals surface area (Å²) in [5.41, 5.74) is 0. The fourth-order valence-electron chi connectivity index (χ4n) is 0.388. The van der Waals surface area contributed by atoms with Crippen molar-refractivity contribution in [1.82, 2.24) is 0 Å². The van der Waals surface area contributed by atoms with Gasteiger partial charge in [-0.15, -0.1) is 11.8 Å². The molecule has 0 saturated carbocycles. The molecule has 2 heteroatoms. The second kappa shape index (κ2) is 2.03. The monoisotopic (exact) mass is 164 g/mol. The molecule has 34 valence electrons. The molecule has 0 amide bonds. The summed E-state index contributed by atoms with van der Waals surface area (Å²) in [6.07, 6.45) is 3.44. The molecule has 0 aromatic heterocycles. The maximum atomic E-state index is 3.36. The van der Waals surface area contributed by atoms with E-state index in [1.54, 1.807) is 0 Å². The summed E-state index contributed by atoms with van der Waals surface area (Å²) < 4.78 is 1.31. The summed E-state index contributed by atoms with van der Waals surface area (Å²) in [7, 11) is 0. The van der Waals surface area contributed by atoms with Crippen LogP contribution in [0.25, 0.3) is 0 Å². The SMILES string of the molecule is BrC1=CCCS1. The number of halogens is 1. The van der Waals surface area contributed by atoms with Gasteiger partial charge in [-0.25, -0.2) is 0 Å². The first-order chi connectivity index (χ1) is 2.89. The highest BCUT2D eigenvalue weighted by molar-refractivity contribution is 9.14. The molecule has 0 spiro atoms. The van der Waals surface area contributed by atoms with Crippen molar-refractivity contribution in [2.24, 2.45) is 0 Å². The summed E-state index contributed by atoms with van der Waals surface area (Å²) in [4.78, 5) is 0. The Morgan fingerprint density at radius 3 is 2.83 bits per heavy atom. The van der Waals surface area contributed by atoms with Gasteiger partial charge in [-0.05, 0) is 22.4 Å². The molecular weight excluding hydrogens is 160 g/mol. The average molecular weight is 165 g/mol. The van der Waals surface area contributed by atoms with Gasteiger partial charge in [0.2, 0.25) is 0 Å². The lowest BCUT2D eigenvalue weighted by molar-refractivity contribution is 1.28. The second-order valence-corrected chi connectivity index (χ2v) is 3.66. The molecule has 1 aliphatic rings. The Hall–Kier alpha value is 0.570. The largest absolute Gasteiger partial charge is 0.119 e. The normalized spacial score (nSPS) is 21.2. The van der Waals surface area contributed by atoms with E-state index < -0.39 is 0 Å². The van der Waals surface area contributed by atoms with E-state index in [1.807, 2.05) is 11.8 Å². The summed E-state index contributed by atoms with van der Waals surface area (Å²) in [6.45, 7) is 0. The molecule has 6 heavy (non-hydrogen) atoms. The molecule has 1 heterocycles. The summed E-state index contributed by atoms with van der Waals surface area (Å²) in [6, 6.07) is 0. The van der Waals surface area contributed by atoms with Crippen LogP contribution in [0.2, 0.25) is 0 Å². The predicted octanol–water partition coefficient (Wildman–Crippen LogP) is 2.36. The highest BCUT2D eigenvalue weighted by Crippen LogP contribution is 2.28. The van der Waals surface area contributed by atoms with Crippen molar-refractivity contribution in [3.8, 4) is 0 Å². The first-order valence-corrected chi connectivity index (χ1v) is 3.66. The van der Waals surface area contributed by atoms with Crippen LogP contribution in [0.15, 0.2) is 9.89 Å². The van der Waals surface area contributed by atoms with Crippen LogP contribution in [-0.4, -0.2) is 5.75 Å². The van der Waals surface area contributed by atoms with Gasteiger partial charge in [-0.3, -0.25) is 0 Å². The van der Waals surface area contributed by atoms with E-state index in [9.17, 15) is 0 Å². The molecular formula is C4H5BrS. The van der Waals surface area contributed by atoms with Gasteiger partial charge >= 0.3 is 0 Å². The zero-order valence-corrected chi connectivity index (χ0v) is 5.68. The highest BCUT2D eigenvalue weighted by Gasteiger charge is 1.97. The van der Waals surface area contributed by atoms with E-state index in [4.69, 9.17) is 0 Å². The fourth-order valence-corrected chi connectivity index (χ4v) is 1.77. The Balaban J connectivity index is 2.45. The quantitative estimate of drug-likeness (QED) is 0.530. The molecule has 0 aliphatic carbocycles. The summed E-state index contributed by atoms with van der Waals surface area (Å²) in [5.74, 6) is 1.26. The van der Waals surface area contributed by atoms with Crippen LogP contribution >= 0.6 is 27.7 Å². The van der Waals surface area contributed by atoms with Gasteiger partial charge in [0.1, 0.15) is 0 Å². The first-order valence-electron chi connectivity index (χ1n) is 1.88. The minimum Gasteiger partial charge on any atom is -0.119 e. The smallest absolute Gasteiger partial charge is 0.0463 e. The molecule has 0 saturated heterocycles. The first kappa shape index (κ1) is 4.72. The van der Waals surface area contributed by atoms with E-state index in [2.05, 4.69) is 22.0 Å². The van der Waals surface area contributed by atoms with Gasteiger partial charge in [0.25, 0.3) is 0 Å². The van der Waals surface area contributed by atoms with E-state index in [0.29, 0.717) is 0 Å². The Bertz CT molecular complexity index is 77.6. The van der Waals surface area contributed by atoms with E-state index >= 15 is 0 Å². The Labute approximate surface area is 50.1 Å². The molecule has 1 rings (SSSR count). The molecule has 0 fully saturated rings. The van der Waals surface area contributed by atoms with Crippen molar-refractivity contribution in [2.45, 2.75) is 6.42 Å². The lowest BCUT2D eigenvalue weighted by atomic mass is 10.5. The summed E-state index contributed by atoms with van der Waals surface area (Å²) >= 11 is 5.24. The summed E-state index contributed by atoms with van der Waals surface area (Å²) in [5, 5.41) is 0. The molecule has 0 radical (unpaired) electrons. The minimum atomic E-state index is 1.24. The maximum absolute atomic E-state index is 3.36. The van der Waals surface area contributed by atoms with Crippen molar-refractivity contribution >= 4 is 27.7 Å². The minimum absolute atomic E-state index is 1.24. The molecule has 0 N–H and O–H groups in total. The van der Waals surface area contributed by atoms with Gasteiger partial charge in [0.05, 0.1) is 0 Å². The number of allylic oxidation sites excluding steroid dienone is 1. The van der Waals surface area contributed by atoms with Crippen LogP contribution in [0.5, 0.6) is 0 Å². The molecule has 0 aromatic rings. The average Bonchev–Trinajstić information content (AvgIpc) is 1.86. The van der Waals surface area contributed by atoms with Crippen LogP contribution in [0.1, 0.15) is 6.42 Å². The topological polar surface area (TPSA) is 0 Å². The molecule has 0 nitrogen and oxygen atoms in total. The molecule has 1 aliphatic heterocycles. The zero-order valence-electron chi connectivity index (χ0n) is 3.28. The lowest BCUT2D eigenvalue weighted by Gasteiger charge is -1.77. The third-order valence-electron chi connectivity index (χ3n) is 0.663. The van der Waals surface area contributed by atoms with Crippen LogP contribution < -0.4 is 0 Å². The zero-order chi connectivity index (χ0) is 4.41. The van der Waals surface area contributed by atoms with Crippen LogP contribution in [0, 0.1) is 0 Å². The maximum Gasteiger partial charge on any atom is 0.0463 e. The number of rotatable bonds is 0. The van der Waals surface area contributed by atoms with Crippen molar-refractivity contribution in [3.63, 3.8) is 0 Å². The second-order valence-electron chi connectivity index (χ2n) is 1.15. The third kappa shape index (κ3) is 1.02. The van der Waals surface area contributed by atoms with Crippen molar-refractivity contribution in [2.75, 3.05) is 5.75 Å². The molecule has 0 bridgehead atoms. The third-order valence-corrected chi connectivity index (χ3v) is 2.56. The van der Waals surface area contributed by atoms with Gasteiger partial charge in [-0.2, -0.15) is 0 Å². The lowest BCUT2D eigenvalue weighted by Crippen LogP contribution is -1.56. The van der Waals surface area contributed by atoms with Crippen LogP contribution in [0.4, 0.5) is 0 Å². The van der Waals surface area contributed by atoms with Crippen molar-refractivity contribution < 1.29 is 0 Å². The Morgan fingerprint density at radius 2 is 2.67 bits per heavy atom. The van der Waals surface area contributed by atoms with Gasteiger partial charge in [-0.1, -0.05) is 6.08 Å². The van der Waals surface area contributed by atoms with E-state index in [1.165, 1.54) is 16.0 Å². The van der Waals surface area contributed by atoms with Crippen LogP contribution in [-0.2, 0) is 0 Å². The molecule has 0 unspecified atom stereocenters. The van der Waals surface area contributed by atoms with Crippen molar-refractivity contribution in [1.29, 1.82) is 0 Å². The predicted molar refractivity (Wildman–Crippen MR) is 34.1 cm³/mol. The van der Waals surface area contributed by atoms with Gasteiger partial charge in [0, 0.05) is 9.57 Å². The number of hydrogen-bond donors (Lipinski definition) is 0.